The zero-order valence-electron chi connectivity index (χ0n) is 13.9. The third-order valence-electron chi connectivity index (χ3n) is 3.85. The number of benzene rings is 1. The summed E-state index contributed by atoms with van der Waals surface area (Å²) in [6.07, 6.45) is 2.97. The van der Waals surface area contributed by atoms with Crippen LogP contribution >= 0.6 is 23.2 Å². The van der Waals surface area contributed by atoms with Gasteiger partial charge in [-0.15, -0.1) is 0 Å². The van der Waals surface area contributed by atoms with Crippen LogP contribution in [0.2, 0.25) is 10.0 Å². The van der Waals surface area contributed by atoms with Crippen LogP contribution in [0.25, 0.3) is 10.9 Å². The van der Waals surface area contributed by atoms with Gasteiger partial charge in [0.05, 0.1) is 22.1 Å². The smallest absolute Gasteiger partial charge is 0.341 e. The van der Waals surface area contributed by atoms with Crippen LogP contribution in [-0.2, 0) is 11.3 Å². The highest BCUT2D eigenvalue weighted by Crippen LogP contribution is 2.33. The highest BCUT2D eigenvalue weighted by Gasteiger charge is 2.21. The molecule has 3 rings (SSSR count). The largest absolute Gasteiger partial charge is 0.477 e. The Balaban J connectivity index is 2.22. The number of halogens is 2. The number of aromatic carboxylic acids is 1. The number of anilines is 1. The van der Waals surface area contributed by atoms with Crippen LogP contribution in [-0.4, -0.2) is 31.9 Å². The minimum atomic E-state index is -1.37. The highest BCUT2D eigenvalue weighted by molar-refractivity contribution is 6.43. The second kappa shape index (κ2) is 7.34. The molecule has 0 aliphatic carbocycles. The number of hydrogen-bond acceptors (Lipinski definition) is 5. The molecule has 0 bridgehead atoms. The first-order valence-corrected chi connectivity index (χ1v) is 8.37. The van der Waals surface area contributed by atoms with Gasteiger partial charge in [0.15, 0.2) is 0 Å². The molecule has 1 aromatic carbocycles. The molecule has 10 heteroatoms. The average molecular weight is 407 g/mol. The SMILES string of the molecule is CC(=O)N(Cc1c(Cl)c(Cl)cc2cc(C(=O)O)c(=O)[nH]c12)c1ncccn1. The fourth-order valence-corrected chi connectivity index (χ4v) is 3.02. The van der Waals surface area contributed by atoms with Crippen molar-refractivity contribution in [1.82, 2.24) is 15.0 Å². The fourth-order valence-electron chi connectivity index (χ4n) is 2.58. The number of aromatic amines is 1. The predicted molar refractivity (Wildman–Crippen MR) is 100 cm³/mol. The van der Waals surface area contributed by atoms with E-state index in [4.69, 9.17) is 28.3 Å². The summed E-state index contributed by atoms with van der Waals surface area (Å²) in [7, 11) is 0. The van der Waals surface area contributed by atoms with Gasteiger partial charge in [0.1, 0.15) is 5.56 Å². The number of H-pyrrole nitrogens is 1. The van der Waals surface area contributed by atoms with Crippen molar-refractivity contribution >= 4 is 51.9 Å². The topological polar surface area (TPSA) is 116 Å². The van der Waals surface area contributed by atoms with Gasteiger partial charge in [0.25, 0.3) is 5.56 Å². The molecule has 27 heavy (non-hydrogen) atoms. The first kappa shape index (κ1) is 18.8. The summed E-state index contributed by atoms with van der Waals surface area (Å²) < 4.78 is 0. The van der Waals surface area contributed by atoms with Gasteiger partial charge in [-0.1, -0.05) is 23.2 Å². The molecule has 0 saturated carbocycles. The van der Waals surface area contributed by atoms with Crippen molar-refractivity contribution in [1.29, 1.82) is 0 Å². The van der Waals surface area contributed by atoms with E-state index in [0.29, 0.717) is 10.9 Å². The number of aromatic nitrogens is 3. The van der Waals surface area contributed by atoms with E-state index in [0.717, 1.165) is 0 Å². The molecule has 0 aliphatic rings. The summed E-state index contributed by atoms with van der Waals surface area (Å²) in [4.78, 5) is 47.3. The van der Waals surface area contributed by atoms with Crippen LogP contribution in [0.5, 0.6) is 0 Å². The second-order valence-electron chi connectivity index (χ2n) is 5.59. The summed E-state index contributed by atoms with van der Waals surface area (Å²) >= 11 is 12.5. The zero-order valence-corrected chi connectivity index (χ0v) is 15.4. The molecule has 0 radical (unpaired) electrons. The van der Waals surface area contributed by atoms with Crippen LogP contribution in [0.1, 0.15) is 22.8 Å². The molecular weight excluding hydrogens is 395 g/mol. The molecule has 0 saturated heterocycles. The van der Waals surface area contributed by atoms with E-state index in [1.54, 1.807) is 6.07 Å². The number of carboxylic acids is 1. The summed E-state index contributed by atoms with van der Waals surface area (Å²) in [5.74, 6) is -1.57. The second-order valence-corrected chi connectivity index (χ2v) is 6.37. The number of carbonyl (C=O) groups excluding carboxylic acids is 1. The quantitative estimate of drug-likeness (QED) is 0.687. The Morgan fingerprint density at radius 1 is 1.22 bits per heavy atom. The van der Waals surface area contributed by atoms with Crippen molar-refractivity contribution < 1.29 is 14.7 Å². The molecule has 8 nitrogen and oxygen atoms in total. The third kappa shape index (κ3) is 3.62. The molecule has 0 atom stereocenters. The van der Waals surface area contributed by atoms with Crippen molar-refractivity contribution in [3.05, 3.63) is 62.1 Å². The number of nitrogens with one attached hydrogen (secondary N) is 1. The number of nitrogens with zero attached hydrogens (tertiary/aromatic N) is 3. The van der Waals surface area contributed by atoms with E-state index < -0.39 is 17.1 Å². The van der Waals surface area contributed by atoms with E-state index in [1.165, 1.54) is 36.4 Å². The van der Waals surface area contributed by atoms with Gasteiger partial charge in [-0.2, -0.15) is 0 Å². The fraction of sp³-hybridized carbons (Fsp3) is 0.118. The standard InChI is InChI=1S/C17H12Cl2N4O4/c1-8(24)23(17-20-3-2-4-21-17)7-11-13(19)12(18)6-9-5-10(16(26)27)15(25)22-14(9)11/h2-6H,7H2,1H3,(H,22,25)(H,26,27). The Bertz CT molecular complexity index is 1120. The van der Waals surface area contributed by atoms with Crippen molar-refractivity contribution in [3.8, 4) is 0 Å². The predicted octanol–water partition coefficient (Wildman–Crippen LogP) is 2.88. The molecule has 2 N–H and O–H groups in total. The van der Waals surface area contributed by atoms with E-state index >= 15 is 0 Å². The summed E-state index contributed by atoms with van der Waals surface area (Å²) in [5.41, 5.74) is -0.598. The van der Waals surface area contributed by atoms with Gasteiger partial charge in [-0.25, -0.2) is 14.8 Å². The van der Waals surface area contributed by atoms with Gasteiger partial charge in [-0.05, 0) is 18.2 Å². The van der Waals surface area contributed by atoms with Crippen LogP contribution in [0, 0.1) is 0 Å². The van der Waals surface area contributed by atoms with Gasteiger partial charge >= 0.3 is 5.97 Å². The number of carboxylic acid groups (broad SMARTS) is 1. The molecule has 2 heterocycles. The van der Waals surface area contributed by atoms with E-state index in [2.05, 4.69) is 15.0 Å². The first-order valence-electron chi connectivity index (χ1n) is 7.62. The Hall–Kier alpha value is -2.97. The van der Waals surface area contributed by atoms with Crippen molar-refractivity contribution in [2.75, 3.05) is 4.90 Å². The number of hydrogen-bond donors (Lipinski definition) is 2. The minimum Gasteiger partial charge on any atom is -0.477 e. The van der Waals surface area contributed by atoms with Crippen molar-refractivity contribution in [3.63, 3.8) is 0 Å². The normalized spacial score (nSPS) is 10.8. The molecule has 1 amide bonds. The maximum atomic E-state index is 12.1. The number of rotatable bonds is 4. The molecule has 0 aliphatic heterocycles. The molecule has 0 spiro atoms. The van der Waals surface area contributed by atoms with E-state index in [-0.39, 0.29) is 34.0 Å². The summed E-state index contributed by atoms with van der Waals surface area (Å²) in [5, 5.41) is 9.79. The molecular formula is C17H12Cl2N4O4. The van der Waals surface area contributed by atoms with Gasteiger partial charge in [0, 0.05) is 30.3 Å². The Morgan fingerprint density at radius 2 is 1.89 bits per heavy atom. The van der Waals surface area contributed by atoms with Gasteiger partial charge in [-0.3, -0.25) is 14.5 Å². The maximum absolute atomic E-state index is 12.1. The van der Waals surface area contributed by atoms with Crippen molar-refractivity contribution in [2.24, 2.45) is 0 Å². The van der Waals surface area contributed by atoms with Crippen LogP contribution in [0.3, 0.4) is 0 Å². The van der Waals surface area contributed by atoms with Crippen LogP contribution in [0.4, 0.5) is 5.95 Å². The highest BCUT2D eigenvalue weighted by atomic mass is 35.5. The monoisotopic (exact) mass is 406 g/mol. The zero-order chi connectivity index (χ0) is 19.7. The number of fused-ring (bicyclic) bond motifs is 1. The Labute approximate surface area is 162 Å². The average Bonchev–Trinajstić information content (AvgIpc) is 2.62. The first-order chi connectivity index (χ1) is 12.8. The lowest BCUT2D eigenvalue weighted by Crippen LogP contribution is -2.30. The Kier molecular flexibility index (Phi) is 5.11. The third-order valence-corrected chi connectivity index (χ3v) is 4.68. The molecule has 0 fully saturated rings. The summed E-state index contributed by atoms with van der Waals surface area (Å²) in [6.45, 7) is 1.26. The van der Waals surface area contributed by atoms with Crippen LogP contribution < -0.4 is 10.5 Å². The molecule has 138 valence electrons. The van der Waals surface area contributed by atoms with Gasteiger partial charge in [0.2, 0.25) is 11.9 Å². The van der Waals surface area contributed by atoms with Crippen molar-refractivity contribution in [2.45, 2.75) is 13.5 Å². The lowest BCUT2D eigenvalue weighted by Gasteiger charge is -2.21. The Morgan fingerprint density at radius 3 is 2.48 bits per heavy atom. The minimum absolute atomic E-state index is 0.0718. The van der Waals surface area contributed by atoms with Gasteiger partial charge < -0.3 is 10.1 Å². The molecule has 2 aromatic heterocycles. The summed E-state index contributed by atoms with van der Waals surface area (Å²) in [6, 6.07) is 4.26. The van der Waals surface area contributed by atoms with E-state index in [1.807, 2.05) is 0 Å². The number of pyridine rings is 1. The maximum Gasteiger partial charge on any atom is 0.341 e. The lowest BCUT2D eigenvalue weighted by atomic mass is 10.1. The number of amides is 1. The van der Waals surface area contributed by atoms with E-state index in [9.17, 15) is 14.4 Å². The number of carbonyl (C=O) groups is 2. The lowest BCUT2D eigenvalue weighted by molar-refractivity contribution is -0.116. The molecule has 0 unspecified atom stereocenters. The van der Waals surface area contributed by atoms with Crippen LogP contribution in [0.15, 0.2) is 35.4 Å². The molecule has 3 aromatic rings.